The molecule has 0 amide bonds. The first-order chi connectivity index (χ1) is 11.2. The Morgan fingerprint density at radius 2 is 1.67 bits per heavy atom. The number of carbonyl (C=O) groups excluding carboxylic acids is 1. The Balaban J connectivity index is 2.18. The van der Waals surface area contributed by atoms with Gasteiger partial charge in [-0.3, -0.25) is 4.79 Å². The van der Waals surface area contributed by atoms with Crippen LogP contribution < -0.4 is 4.74 Å². The fourth-order valence-corrected chi connectivity index (χ4v) is 2.89. The van der Waals surface area contributed by atoms with E-state index in [1.807, 2.05) is 26.8 Å². The SMILES string of the molecule is C/C=C\C1C(C(=O)OCc2c(F)c(F)c(OC)c(F)c2F)C1(C)C. The first kappa shape index (κ1) is 18.3. The minimum atomic E-state index is -1.67. The van der Waals surface area contributed by atoms with E-state index in [2.05, 4.69) is 4.74 Å². The Morgan fingerprint density at radius 1 is 1.12 bits per heavy atom. The Morgan fingerprint density at radius 3 is 2.12 bits per heavy atom. The van der Waals surface area contributed by atoms with Crippen molar-refractivity contribution >= 4 is 5.97 Å². The molecule has 1 fully saturated rings. The molecule has 1 aromatic rings. The third-order valence-electron chi connectivity index (χ3n) is 4.44. The van der Waals surface area contributed by atoms with E-state index >= 15 is 0 Å². The van der Waals surface area contributed by atoms with Gasteiger partial charge in [-0.1, -0.05) is 26.0 Å². The van der Waals surface area contributed by atoms with E-state index < -0.39 is 53.1 Å². The number of rotatable bonds is 5. The van der Waals surface area contributed by atoms with E-state index in [-0.39, 0.29) is 11.3 Å². The molecule has 1 aliphatic rings. The molecule has 2 atom stereocenters. The quantitative estimate of drug-likeness (QED) is 0.348. The number of hydrogen-bond donors (Lipinski definition) is 0. The largest absolute Gasteiger partial charge is 0.491 e. The maximum Gasteiger partial charge on any atom is 0.310 e. The van der Waals surface area contributed by atoms with Crippen molar-refractivity contribution in [1.29, 1.82) is 0 Å². The zero-order valence-electron chi connectivity index (χ0n) is 13.8. The van der Waals surface area contributed by atoms with Gasteiger partial charge in [0.15, 0.2) is 17.4 Å². The van der Waals surface area contributed by atoms with Gasteiger partial charge in [-0.15, -0.1) is 0 Å². The molecule has 0 bridgehead atoms. The van der Waals surface area contributed by atoms with Gasteiger partial charge in [0.2, 0.25) is 11.6 Å². The lowest BCUT2D eigenvalue weighted by Crippen LogP contribution is -2.14. The summed E-state index contributed by atoms with van der Waals surface area (Å²) >= 11 is 0. The molecular formula is C17H18F4O3. The molecule has 1 aromatic carbocycles. The van der Waals surface area contributed by atoms with Crippen molar-refractivity contribution < 1.29 is 31.8 Å². The van der Waals surface area contributed by atoms with E-state index in [0.29, 0.717) is 0 Å². The summed E-state index contributed by atoms with van der Waals surface area (Å²) in [4.78, 5) is 12.1. The van der Waals surface area contributed by atoms with Gasteiger partial charge in [-0.25, -0.2) is 8.78 Å². The van der Waals surface area contributed by atoms with Crippen LogP contribution in [0.3, 0.4) is 0 Å². The summed E-state index contributed by atoms with van der Waals surface area (Å²) in [6.45, 7) is 4.63. The number of allylic oxidation sites excluding steroid dienone is 2. The van der Waals surface area contributed by atoms with E-state index in [1.54, 1.807) is 6.08 Å². The van der Waals surface area contributed by atoms with Crippen LogP contribution in [0.15, 0.2) is 12.2 Å². The van der Waals surface area contributed by atoms with Crippen LogP contribution in [0.4, 0.5) is 17.6 Å². The van der Waals surface area contributed by atoms with Gasteiger partial charge in [0, 0.05) is 0 Å². The lowest BCUT2D eigenvalue weighted by atomic mass is 10.1. The van der Waals surface area contributed by atoms with Crippen LogP contribution in [0.25, 0.3) is 0 Å². The lowest BCUT2D eigenvalue weighted by Gasteiger charge is -2.11. The van der Waals surface area contributed by atoms with Gasteiger partial charge in [0.25, 0.3) is 0 Å². The molecule has 3 nitrogen and oxygen atoms in total. The first-order valence-corrected chi connectivity index (χ1v) is 7.36. The smallest absolute Gasteiger partial charge is 0.310 e. The highest BCUT2D eigenvalue weighted by molar-refractivity contribution is 5.78. The molecule has 0 aliphatic heterocycles. The summed E-state index contributed by atoms with van der Waals surface area (Å²) in [6.07, 6.45) is 3.65. The molecule has 0 saturated heterocycles. The highest BCUT2D eigenvalue weighted by atomic mass is 19.2. The second-order valence-corrected chi connectivity index (χ2v) is 6.23. The second-order valence-electron chi connectivity index (χ2n) is 6.23. The standard InChI is InChI=1S/C17H18F4O3/c1-5-6-9-10(17(9,2)3)16(22)24-7-8-11(18)13(20)15(23-4)14(21)12(8)19/h5-6,9-10H,7H2,1-4H3/b6-5-. The summed E-state index contributed by atoms with van der Waals surface area (Å²) in [5.74, 6) is -8.95. The van der Waals surface area contributed by atoms with Crippen LogP contribution in [-0.4, -0.2) is 13.1 Å². The van der Waals surface area contributed by atoms with Crippen LogP contribution in [0.1, 0.15) is 26.3 Å². The van der Waals surface area contributed by atoms with Gasteiger partial charge < -0.3 is 9.47 Å². The summed E-state index contributed by atoms with van der Waals surface area (Å²) in [7, 11) is 0.886. The normalized spacial score (nSPS) is 21.8. The molecule has 1 saturated carbocycles. The molecule has 0 heterocycles. The Kier molecular flexibility index (Phi) is 4.92. The molecule has 0 spiro atoms. The summed E-state index contributed by atoms with van der Waals surface area (Å²) < 4.78 is 64.1. The number of methoxy groups -OCH3 is 1. The Bertz CT molecular complexity index is 669. The fourth-order valence-electron chi connectivity index (χ4n) is 2.89. The number of hydrogen-bond acceptors (Lipinski definition) is 3. The van der Waals surface area contributed by atoms with Crippen molar-refractivity contribution in [2.75, 3.05) is 7.11 Å². The number of benzene rings is 1. The van der Waals surface area contributed by atoms with E-state index in [1.165, 1.54) is 0 Å². The maximum absolute atomic E-state index is 13.8. The predicted molar refractivity (Wildman–Crippen MR) is 78.2 cm³/mol. The van der Waals surface area contributed by atoms with Crippen molar-refractivity contribution in [3.05, 3.63) is 41.0 Å². The summed E-state index contributed by atoms with van der Waals surface area (Å²) in [5, 5.41) is 0. The van der Waals surface area contributed by atoms with E-state index in [4.69, 9.17) is 4.74 Å². The average molecular weight is 346 g/mol. The van der Waals surface area contributed by atoms with Crippen molar-refractivity contribution in [3.63, 3.8) is 0 Å². The number of halogens is 4. The number of ether oxygens (including phenoxy) is 2. The van der Waals surface area contributed by atoms with E-state index in [9.17, 15) is 22.4 Å². The van der Waals surface area contributed by atoms with Gasteiger partial charge in [0.1, 0.15) is 6.61 Å². The molecule has 1 aliphatic carbocycles. The zero-order chi connectivity index (χ0) is 18.2. The van der Waals surface area contributed by atoms with Gasteiger partial charge in [0.05, 0.1) is 18.6 Å². The third-order valence-corrected chi connectivity index (χ3v) is 4.44. The minimum absolute atomic E-state index is 0.0472. The van der Waals surface area contributed by atoms with Gasteiger partial charge in [-0.2, -0.15) is 8.78 Å². The van der Waals surface area contributed by atoms with Crippen molar-refractivity contribution in [2.45, 2.75) is 27.4 Å². The highest BCUT2D eigenvalue weighted by Gasteiger charge is 2.61. The summed E-state index contributed by atoms with van der Waals surface area (Å²) in [5.41, 5.74) is -1.32. The van der Waals surface area contributed by atoms with Crippen molar-refractivity contribution in [1.82, 2.24) is 0 Å². The van der Waals surface area contributed by atoms with Crippen LogP contribution in [-0.2, 0) is 16.1 Å². The van der Waals surface area contributed by atoms with Crippen LogP contribution in [0, 0.1) is 40.5 Å². The number of esters is 1. The molecule has 24 heavy (non-hydrogen) atoms. The molecule has 7 heteroatoms. The topological polar surface area (TPSA) is 35.5 Å². The molecule has 2 unspecified atom stereocenters. The maximum atomic E-state index is 13.8. The molecule has 0 N–H and O–H groups in total. The van der Waals surface area contributed by atoms with Crippen LogP contribution in [0.5, 0.6) is 5.75 Å². The Labute approximate surface area is 137 Å². The number of carbonyl (C=O) groups is 1. The average Bonchev–Trinajstić information content (AvgIpc) is 3.07. The molecule has 2 rings (SSSR count). The minimum Gasteiger partial charge on any atom is -0.491 e. The molecular weight excluding hydrogens is 328 g/mol. The second kappa shape index (κ2) is 6.45. The zero-order valence-corrected chi connectivity index (χ0v) is 13.8. The third kappa shape index (κ3) is 2.87. The van der Waals surface area contributed by atoms with E-state index in [0.717, 1.165) is 7.11 Å². The molecule has 0 radical (unpaired) electrons. The van der Waals surface area contributed by atoms with Gasteiger partial charge >= 0.3 is 5.97 Å². The highest BCUT2D eigenvalue weighted by Crippen LogP contribution is 2.59. The van der Waals surface area contributed by atoms with Crippen LogP contribution >= 0.6 is 0 Å². The fraction of sp³-hybridized carbons (Fsp3) is 0.471. The summed E-state index contributed by atoms with van der Waals surface area (Å²) in [6, 6.07) is 0. The monoisotopic (exact) mass is 346 g/mol. The Hall–Kier alpha value is -2.05. The van der Waals surface area contributed by atoms with Crippen molar-refractivity contribution in [2.24, 2.45) is 17.3 Å². The van der Waals surface area contributed by atoms with Crippen molar-refractivity contribution in [3.8, 4) is 5.75 Å². The first-order valence-electron chi connectivity index (χ1n) is 7.36. The van der Waals surface area contributed by atoms with Gasteiger partial charge in [-0.05, 0) is 18.3 Å². The predicted octanol–water partition coefficient (Wildman–Crippen LogP) is 4.14. The molecule has 132 valence electrons. The van der Waals surface area contributed by atoms with Crippen LogP contribution in [0.2, 0.25) is 0 Å². The lowest BCUT2D eigenvalue weighted by molar-refractivity contribution is -0.147. The molecule has 0 aromatic heterocycles.